The van der Waals surface area contributed by atoms with Crippen molar-refractivity contribution in [1.82, 2.24) is 35.2 Å². The maximum absolute atomic E-state index is 15.0. The predicted molar refractivity (Wildman–Crippen MR) is 248 cm³/mol. The summed E-state index contributed by atoms with van der Waals surface area (Å²) in [4.78, 5) is 55.4. The average Bonchev–Trinajstić information content (AvgIpc) is 3.91. The van der Waals surface area contributed by atoms with Gasteiger partial charge in [-0.2, -0.15) is 0 Å². The van der Waals surface area contributed by atoms with E-state index >= 15 is 0 Å². The number of hydrogen-bond acceptors (Lipinski definition) is 14. The smallest absolute Gasteiger partial charge is 0.324 e. The van der Waals surface area contributed by atoms with E-state index in [2.05, 4.69) is 58.3 Å². The molecule has 6 atom stereocenters. The molecular formula is C49H65N7O9S. The highest BCUT2D eigenvalue weighted by Gasteiger charge is 2.50. The number of nitrogens with one attached hydrogen (secondary N) is 2. The van der Waals surface area contributed by atoms with Gasteiger partial charge in [0, 0.05) is 98.6 Å². The Balaban J connectivity index is 1.20. The number of thiazole rings is 1. The summed E-state index contributed by atoms with van der Waals surface area (Å²) < 4.78 is 38.2. The van der Waals surface area contributed by atoms with E-state index in [0.717, 1.165) is 57.5 Å². The number of aromatic nitrogens is 3. The van der Waals surface area contributed by atoms with E-state index in [-0.39, 0.29) is 36.5 Å². The SMILES string of the molecule is CO[C@@H](C)c1ncccc1-c1c2c3cc(ccc3n1CCOC1CCOCC1)-c1csc(n1)[C@@H](N1CC(C)(OC)C1)[C@H](NC(=O)[C@@H]1OC[C@@H]1C)C(=O)N1CCC[C@H](N1)C(=O)OCC(C)(C)C2. The second-order valence-corrected chi connectivity index (χ2v) is 20.7. The lowest BCUT2D eigenvalue weighted by molar-refractivity contribution is -0.166. The number of amides is 2. The van der Waals surface area contributed by atoms with Gasteiger partial charge in [-0.3, -0.25) is 29.3 Å². The molecule has 0 radical (unpaired) electrons. The zero-order valence-electron chi connectivity index (χ0n) is 39.3. The van der Waals surface area contributed by atoms with Gasteiger partial charge < -0.3 is 38.3 Å². The van der Waals surface area contributed by atoms with Crippen LogP contribution >= 0.6 is 11.3 Å². The van der Waals surface area contributed by atoms with E-state index in [1.165, 1.54) is 16.3 Å². The van der Waals surface area contributed by atoms with Crippen LogP contribution in [0, 0.1) is 11.3 Å². The number of carbonyl (C=O) groups is 3. The summed E-state index contributed by atoms with van der Waals surface area (Å²) in [6.45, 7) is 14.7. The van der Waals surface area contributed by atoms with E-state index in [9.17, 15) is 14.4 Å². The molecule has 356 valence electrons. The number of nitrogens with zero attached hydrogens (tertiary/aromatic N) is 5. The van der Waals surface area contributed by atoms with Crippen molar-refractivity contribution in [3.63, 3.8) is 0 Å². The topological polar surface area (TPSA) is 168 Å². The molecule has 3 aromatic heterocycles. The van der Waals surface area contributed by atoms with Crippen molar-refractivity contribution in [2.24, 2.45) is 11.3 Å². The van der Waals surface area contributed by atoms with E-state index in [4.69, 9.17) is 38.4 Å². The number of methoxy groups -OCH3 is 2. The van der Waals surface area contributed by atoms with E-state index in [0.29, 0.717) is 76.9 Å². The summed E-state index contributed by atoms with van der Waals surface area (Å²) in [5.41, 5.74) is 8.83. The largest absolute Gasteiger partial charge is 0.464 e. The third kappa shape index (κ3) is 9.42. The van der Waals surface area contributed by atoms with Gasteiger partial charge in [0.2, 0.25) is 5.91 Å². The predicted octanol–water partition coefficient (Wildman–Crippen LogP) is 5.63. The van der Waals surface area contributed by atoms with Crippen molar-refractivity contribution in [2.45, 2.75) is 115 Å². The first-order chi connectivity index (χ1) is 31.8. The van der Waals surface area contributed by atoms with Crippen LogP contribution in [-0.2, 0) is 55.8 Å². The molecule has 0 aliphatic carbocycles. The maximum atomic E-state index is 15.0. The minimum Gasteiger partial charge on any atom is -0.464 e. The van der Waals surface area contributed by atoms with Gasteiger partial charge in [0.15, 0.2) is 0 Å². The number of hydrazine groups is 1. The van der Waals surface area contributed by atoms with Crippen LogP contribution in [0.4, 0.5) is 0 Å². The number of likely N-dealkylation sites (tertiary alicyclic amines) is 1. The zero-order valence-corrected chi connectivity index (χ0v) is 40.1. The molecule has 4 fully saturated rings. The average molecular weight is 928 g/mol. The Hall–Kier alpha value is -4.33. The molecule has 5 aliphatic heterocycles. The Kier molecular flexibility index (Phi) is 13.7. The Labute approximate surface area is 390 Å². The number of cyclic esters (lactones) is 1. The molecule has 8 heterocycles. The molecule has 0 spiro atoms. The van der Waals surface area contributed by atoms with Crippen molar-refractivity contribution in [3.05, 3.63) is 58.2 Å². The maximum Gasteiger partial charge on any atom is 0.324 e. The summed E-state index contributed by atoms with van der Waals surface area (Å²) in [5, 5.41) is 8.37. The van der Waals surface area contributed by atoms with Crippen molar-refractivity contribution >= 4 is 40.0 Å². The summed E-state index contributed by atoms with van der Waals surface area (Å²) in [6, 6.07) is 8.08. The first kappa shape index (κ1) is 46.8. The third-order valence-electron chi connectivity index (χ3n) is 14.1. The highest BCUT2D eigenvalue weighted by atomic mass is 32.1. The lowest BCUT2D eigenvalue weighted by Gasteiger charge is -2.51. The van der Waals surface area contributed by atoms with Crippen LogP contribution < -0.4 is 10.7 Å². The number of rotatable bonds is 11. The van der Waals surface area contributed by atoms with Crippen LogP contribution in [0.3, 0.4) is 0 Å². The Morgan fingerprint density at radius 3 is 2.64 bits per heavy atom. The highest BCUT2D eigenvalue weighted by Crippen LogP contribution is 2.43. The Morgan fingerprint density at radius 2 is 1.91 bits per heavy atom. The van der Waals surface area contributed by atoms with Gasteiger partial charge in [0.25, 0.3) is 5.91 Å². The zero-order chi connectivity index (χ0) is 46.3. The lowest BCUT2D eigenvalue weighted by atomic mass is 9.84. The molecule has 4 aromatic rings. The van der Waals surface area contributed by atoms with Crippen LogP contribution in [0.25, 0.3) is 33.4 Å². The number of esters is 1. The minimum absolute atomic E-state index is 0.00404. The monoisotopic (exact) mass is 927 g/mol. The number of pyridine rings is 1. The summed E-state index contributed by atoms with van der Waals surface area (Å²) in [5.74, 6) is -1.14. The second-order valence-electron chi connectivity index (χ2n) is 19.8. The van der Waals surface area contributed by atoms with Gasteiger partial charge in [-0.1, -0.05) is 26.8 Å². The molecule has 0 saturated carbocycles. The summed E-state index contributed by atoms with van der Waals surface area (Å²) in [7, 11) is 3.39. The summed E-state index contributed by atoms with van der Waals surface area (Å²) >= 11 is 1.46. The second kappa shape index (κ2) is 19.3. The van der Waals surface area contributed by atoms with Crippen molar-refractivity contribution in [3.8, 4) is 22.5 Å². The molecule has 0 unspecified atom stereocenters. The minimum atomic E-state index is -1.06. The Morgan fingerprint density at radius 1 is 1.11 bits per heavy atom. The van der Waals surface area contributed by atoms with Crippen LogP contribution in [0.1, 0.15) is 88.7 Å². The van der Waals surface area contributed by atoms with Crippen molar-refractivity contribution in [2.75, 3.05) is 66.9 Å². The van der Waals surface area contributed by atoms with Crippen LogP contribution in [0.15, 0.2) is 41.9 Å². The molecule has 17 heteroatoms. The first-order valence-electron chi connectivity index (χ1n) is 23.5. The fourth-order valence-corrected chi connectivity index (χ4v) is 11.1. The molecule has 2 N–H and O–H groups in total. The molecule has 5 aliphatic rings. The van der Waals surface area contributed by atoms with Crippen LogP contribution in [-0.4, -0.2) is 139 Å². The first-order valence-corrected chi connectivity index (χ1v) is 24.4. The standard InChI is InChI=1S/C49H65N7O9S/c1-29-24-64-43(29)44(57)52-40-42(54-26-49(5,27-54)61-7)45-51-37(25-66-45)31-12-13-38-34(22-31)35(23-48(3,4)28-65-47(59)36-11-9-17-56(53-36)46(40)58)41(33-10-8-16-50-39(33)30(2)60-6)55(38)18-21-63-32-14-19-62-20-15-32/h8,10,12-13,16,22,25,29-30,32,36,40,42-43,53H,9,11,14-15,17-21,23-24,26-28H2,1-7H3,(H,52,57)/t29-,30-,36-,40-,42-,43+/m0/s1. The van der Waals surface area contributed by atoms with E-state index < -0.39 is 41.2 Å². The molecule has 1 aromatic carbocycles. The molecule has 2 amide bonds. The van der Waals surface area contributed by atoms with Crippen LogP contribution in [0.2, 0.25) is 0 Å². The quantitative estimate of drug-likeness (QED) is 0.178. The van der Waals surface area contributed by atoms with Gasteiger partial charge in [-0.05, 0) is 75.8 Å². The molecule has 4 saturated heterocycles. The molecule has 66 heavy (non-hydrogen) atoms. The van der Waals surface area contributed by atoms with Gasteiger partial charge >= 0.3 is 5.97 Å². The van der Waals surface area contributed by atoms with Gasteiger partial charge in [0.1, 0.15) is 23.2 Å². The molecule has 6 bridgehead atoms. The van der Waals surface area contributed by atoms with Gasteiger partial charge in [-0.25, -0.2) is 10.4 Å². The third-order valence-corrected chi connectivity index (χ3v) is 15.0. The van der Waals surface area contributed by atoms with Crippen molar-refractivity contribution < 1.29 is 42.8 Å². The molecular weight excluding hydrogens is 863 g/mol. The molecule has 9 rings (SSSR count). The fourth-order valence-electron chi connectivity index (χ4n) is 10.1. The Bertz CT molecular complexity index is 2410. The number of carbonyl (C=O) groups excluding carboxylic acids is 3. The van der Waals surface area contributed by atoms with Crippen LogP contribution in [0.5, 0.6) is 0 Å². The highest BCUT2D eigenvalue weighted by molar-refractivity contribution is 7.10. The van der Waals surface area contributed by atoms with Gasteiger partial charge in [0.05, 0.1) is 60.8 Å². The van der Waals surface area contributed by atoms with Gasteiger partial charge in [-0.15, -0.1) is 11.3 Å². The summed E-state index contributed by atoms with van der Waals surface area (Å²) in [6.07, 6.45) is 4.32. The number of ether oxygens (including phenoxy) is 6. The normalized spacial score (nSPS) is 26.5. The van der Waals surface area contributed by atoms with E-state index in [1.807, 2.05) is 32.2 Å². The number of fused-ring (bicyclic) bond motifs is 6. The lowest BCUT2D eigenvalue weighted by Crippen LogP contribution is -2.68. The fraction of sp³-hybridized carbons (Fsp3) is 0.612. The number of hydrogen-bond donors (Lipinski definition) is 2. The number of benzene rings is 1. The van der Waals surface area contributed by atoms with Crippen molar-refractivity contribution in [1.29, 1.82) is 0 Å². The van der Waals surface area contributed by atoms with E-state index in [1.54, 1.807) is 20.4 Å². The molecule has 16 nitrogen and oxygen atoms in total.